The predicted molar refractivity (Wildman–Crippen MR) is 118 cm³/mol. The SMILES string of the molecule is CCOc1ccc(C(=O)COC(=O)c2cc(OC)c(OC)cc2NC(=O)c2ccco2)cc1. The highest BCUT2D eigenvalue weighted by molar-refractivity contribution is 6.07. The third-order valence-corrected chi connectivity index (χ3v) is 4.56. The molecular weight excluding hydrogens is 430 g/mol. The molecule has 0 spiro atoms. The van der Waals surface area contributed by atoms with Crippen LogP contribution in [0.15, 0.2) is 59.2 Å². The van der Waals surface area contributed by atoms with Crippen LogP contribution in [0.5, 0.6) is 17.2 Å². The van der Waals surface area contributed by atoms with Gasteiger partial charge in [0.1, 0.15) is 5.75 Å². The highest BCUT2D eigenvalue weighted by atomic mass is 16.5. The van der Waals surface area contributed by atoms with Gasteiger partial charge in [-0.05, 0) is 43.3 Å². The van der Waals surface area contributed by atoms with Crippen molar-refractivity contribution in [3.8, 4) is 17.2 Å². The number of nitrogens with one attached hydrogen (secondary N) is 1. The molecule has 3 aromatic rings. The zero-order valence-electron chi connectivity index (χ0n) is 18.4. The molecule has 0 aliphatic carbocycles. The molecule has 0 radical (unpaired) electrons. The van der Waals surface area contributed by atoms with Crippen molar-refractivity contribution in [1.82, 2.24) is 0 Å². The lowest BCUT2D eigenvalue weighted by molar-refractivity contribution is 0.0475. The van der Waals surface area contributed by atoms with Crippen LogP contribution in [0.25, 0.3) is 0 Å². The van der Waals surface area contributed by atoms with Crippen molar-refractivity contribution in [1.29, 1.82) is 0 Å². The number of hydrogen-bond acceptors (Lipinski definition) is 8. The van der Waals surface area contributed by atoms with E-state index < -0.39 is 24.3 Å². The lowest BCUT2D eigenvalue weighted by Crippen LogP contribution is -2.18. The zero-order chi connectivity index (χ0) is 23.8. The van der Waals surface area contributed by atoms with Crippen molar-refractivity contribution in [3.05, 3.63) is 71.7 Å². The van der Waals surface area contributed by atoms with Gasteiger partial charge in [0.15, 0.2) is 29.6 Å². The van der Waals surface area contributed by atoms with E-state index in [1.54, 1.807) is 30.3 Å². The molecule has 1 N–H and O–H groups in total. The fourth-order valence-corrected chi connectivity index (χ4v) is 2.94. The number of Topliss-reactive ketones (excluding diaryl/α,β-unsaturated/α-hetero) is 1. The highest BCUT2D eigenvalue weighted by Gasteiger charge is 2.22. The van der Waals surface area contributed by atoms with Crippen molar-refractivity contribution < 1.29 is 37.7 Å². The van der Waals surface area contributed by atoms with Crippen LogP contribution in [0.3, 0.4) is 0 Å². The summed E-state index contributed by atoms with van der Waals surface area (Å²) in [6.45, 7) is 1.87. The van der Waals surface area contributed by atoms with Crippen molar-refractivity contribution in [2.75, 3.05) is 32.8 Å². The van der Waals surface area contributed by atoms with Crippen LogP contribution in [-0.2, 0) is 4.74 Å². The minimum Gasteiger partial charge on any atom is -0.494 e. The molecular formula is C24H23NO8. The molecule has 0 aliphatic heterocycles. The van der Waals surface area contributed by atoms with E-state index in [9.17, 15) is 14.4 Å². The summed E-state index contributed by atoms with van der Waals surface area (Å²) in [6, 6.07) is 12.3. The normalized spacial score (nSPS) is 10.3. The molecule has 9 nitrogen and oxygen atoms in total. The van der Waals surface area contributed by atoms with E-state index in [-0.39, 0.29) is 28.5 Å². The number of esters is 1. The zero-order valence-corrected chi connectivity index (χ0v) is 18.4. The molecule has 3 rings (SSSR count). The van der Waals surface area contributed by atoms with E-state index in [4.69, 9.17) is 23.4 Å². The molecule has 1 heterocycles. The van der Waals surface area contributed by atoms with Crippen LogP contribution in [-0.4, -0.2) is 45.1 Å². The van der Waals surface area contributed by atoms with Crippen LogP contribution in [0.4, 0.5) is 5.69 Å². The second-order valence-corrected chi connectivity index (χ2v) is 6.64. The van der Waals surface area contributed by atoms with E-state index >= 15 is 0 Å². The fraction of sp³-hybridized carbons (Fsp3) is 0.208. The predicted octanol–water partition coefficient (Wildman–Crippen LogP) is 3.99. The molecule has 172 valence electrons. The summed E-state index contributed by atoms with van der Waals surface area (Å²) in [5, 5.41) is 2.59. The Balaban J connectivity index is 1.78. The van der Waals surface area contributed by atoms with Crippen LogP contribution < -0.4 is 19.5 Å². The third kappa shape index (κ3) is 5.70. The Labute approximate surface area is 190 Å². The van der Waals surface area contributed by atoms with Gasteiger partial charge in [-0.15, -0.1) is 0 Å². The van der Waals surface area contributed by atoms with Crippen molar-refractivity contribution in [3.63, 3.8) is 0 Å². The first-order valence-corrected chi connectivity index (χ1v) is 10.0. The molecule has 0 unspecified atom stereocenters. The third-order valence-electron chi connectivity index (χ3n) is 4.56. The van der Waals surface area contributed by atoms with Gasteiger partial charge >= 0.3 is 5.97 Å². The number of amides is 1. The van der Waals surface area contributed by atoms with Gasteiger partial charge in [-0.2, -0.15) is 0 Å². The van der Waals surface area contributed by atoms with E-state index in [0.717, 1.165) is 0 Å². The Morgan fingerprint density at radius 2 is 1.67 bits per heavy atom. The summed E-state index contributed by atoms with van der Waals surface area (Å²) in [7, 11) is 2.83. The Hall–Kier alpha value is -4.27. The van der Waals surface area contributed by atoms with Crippen LogP contribution in [0.2, 0.25) is 0 Å². The highest BCUT2D eigenvalue weighted by Crippen LogP contribution is 2.34. The van der Waals surface area contributed by atoms with Gasteiger partial charge in [-0.1, -0.05) is 0 Å². The average Bonchev–Trinajstić information content (AvgIpc) is 3.38. The largest absolute Gasteiger partial charge is 0.494 e. The number of carbonyl (C=O) groups is 3. The maximum absolute atomic E-state index is 12.8. The minimum atomic E-state index is -0.829. The summed E-state index contributed by atoms with van der Waals surface area (Å²) in [4.78, 5) is 37.7. The smallest absolute Gasteiger partial charge is 0.340 e. The standard InChI is InChI=1S/C24H23NO8/c1-4-31-16-9-7-15(8-10-16)19(26)14-33-24(28)17-12-21(29-2)22(30-3)13-18(17)25-23(27)20-6-5-11-32-20/h5-13H,4,14H2,1-3H3,(H,25,27). The number of ketones is 1. The summed E-state index contributed by atoms with van der Waals surface area (Å²) < 4.78 is 26.1. The van der Waals surface area contributed by atoms with E-state index in [2.05, 4.69) is 5.32 Å². The summed E-state index contributed by atoms with van der Waals surface area (Å²) in [5.74, 6) is -0.583. The van der Waals surface area contributed by atoms with Gasteiger partial charge in [-0.25, -0.2) is 4.79 Å². The van der Waals surface area contributed by atoms with Gasteiger partial charge < -0.3 is 28.7 Å². The molecule has 1 amide bonds. The van der Waals surface area contributed by atoms with Gasteiger partial charge in [0, 0.05) is 17.7 Å². The van der Waals surface area contributed by atoms with E-state index in [1.807, 2.05) is 6.92 Å². The lowest BCUT2D eigenvalue weighted by atomic mass is 10.1. The molecule has 9 heteroatoms. The Kier molecular flexibility index (Phi) is 7.69. The Morgan fingerprint density at radius 1 is 0.970 bits per heavy atom. The van der Waals surface area contributed by atoms with Crippen molar-refractivity contribution in [2.45, 2.75) is 6.92 Å². The summed E-state index contributed by atoms with van der Waals surface area (Å²) >= 11 is 0. The number of carbonyl (C=O) groups excluding carboxylic acids is 3. The molecule has 0 saturated heterocycles. The quantitative estimate of drug-likeness (QED) is 0.362. The monoisotopic (exact) mass is 453 g/mol. The number of anilines is 1. The van der Waals surface area contributed by atoms with Crippen LogP contribution in [0.1, 0.15) is 38.2 Å². The van der Waals surface area contributed by atoms with Crippen LogP contribution in [0, 0.1) is 0 Å². The number of benzene rings is 2. The molecule has 2 aromatic carbocycles. The summed E-state index contributed by atoms with van der Waals surface area (Å²) in [6.07, 6.45) is 1.35. The maximum Gasteiger partial charge on any atom is 0.340 e. The van der Waals surface area contributed by atoms with Gasteiger partial charge in [0.2, 0.25) is 0 Å². The Morgan fingerprint density at radius 3 is 2.27 bits per heavy atom. The molecule has 0 saturated carbocycles. The molecule has 1 aromatic heterocycles. The molecule has 0 aliphatic rings. The van der Waals surface area contributed by atoms with Crippen molar-refractivity contribution in [2.24, 2.45) is 0 Å². The average molecular weight is 453 g/mol. The van der Waals surface area contributed by atoms with Crippen molar-refractivity contribution >= 4 is 23.3 Å². The molecule has 33 heavy (non-hydrogen) atoms. The first-order valence-electron chi connectivity index (χ1n) is 10.0. The topological polar surface area (TPSA) is 113 Å². The first-order chi connectivity index (χ1) is 16.0. The second kappa shape index (κ2) is 10.9. The number of furan rings is 1. The molecule has 0 bridgehead atoms. The van der Waals surface area contributed by atoms with Crippen LogP contribution >= 0.6 is 0 Å². The lowest BCUT2D eigenvalue weighted by Gasteiger charge is -2.15. The molecule has 0 fully saturated rings. The summed E-state index contributed by atoms with van der Waals surface area (Å²) in [5.41, 5.74) is 0.449. The maximum atomic E-state index is 12.8. The number of rotatable bonds is 10. The van der Waals surface area contributed by atoms with Gasteiger partial charge in [0.05, 0.1) is 38.3 Å². The van der Waals surface area contributed by atoms with E-state index in [0.29, 0.717) is 17.9 Å². The first kappa shape index (κ1) is 23.4. The minimum absolute atomic E-state index is 0.0213. The number of ether oxygens (including phenoxy) is 4. The second-order valence-electron chi connectivity index (χ2n) is 6.64. The van der Waals surface area contributed by atoms with Gasteiger partial charge in [0.25, 0.3) is 5.91 Å². The molecule has 0 atom stereocenters. The fourth-order valence-electron chi connectivity index (χ4n) is 2.94. The number of methoxy groups -OCH3 is 2. The van der Waals surface area contributed by atoms with E-state index in [1.165, 1.54) is 38.7 Å². The number of hydrogen-bond donors (Lipinski definition) is 1. The Bertz CT molecular complexity index is 1120. The van der Waals surface area contributed by atoms with Gasteiger partial charge in [-0.3, -0.25) is 9.59 Å².